The highest BCUT2D eigenvalue weighted by molar-refractivity contribution is 6.03. The van der Waals surface area contributed by atoms with Gasteiger partial charge in [-0.1, -0.05) is 54.8 Å². The Hall–Kier alpha value is -4.90. The van der Waals surface area contributed by atoms with Gasteiger partial charge in [-0.2, -0.15) is 5.10 Å². The minimum Gasteiger partial charge on any atom is -0.381 e. The Balaban J connectivity index is 1.88. The summed E-state index contributed by atoms with van der Waals surface area (Å²) < 4.78 is 3.06. The summed E-state index contributed by atoms with van der Waals surface area (Å²) in [5, 5.41) is 8.40. The first-order chi connectivity index (χ1) is 18.5. The number of aryl methyl sites for hydroxylation is 1. The van der Waals surface area contributed by atoms with E-state index in [-0.39, 0.29) is 22.4 Å². The van der Waals surface area contributed by atoms with Crippen LogP contribution in [0.1, 0.15) is 55.4 Å². The van der Waals surface area contributed by atoms with E-state index in [4.69, 9.17) is 5.73 Å². The van der Waals surface area contributed by atoms with Crippen molar-refractivity contribution in [2.24, 2.45) is 17.5 Å². The molecule has 3 N–H and O–H groups in total. The van der Waals surface area contributed by atoms with Gasteiger partial charge >= 0.3 is 0 Å². The number of carbonyl (C=O) groups excluding carboxylic acids is 1. The molecule has 0 saturated heterocycles. The molecule has 0 bridgehead atoms. The molecule has 1 amide bonds. The number of para-hydroxylation sites is 1. The van der Waals surface area contributed by atoms with Crippen molar-refractivity contribution >= 4 is 34.5 Å². The summed E-state index contributed by atoms with van der Waals surface area (Å²) in [5.74, 6) is 6.34. The van der Waals surface area contributed by atoms with Crippen molar-refractivity contribution in [2.45, 2.75) is 33.7 Å². The molecule has 0 radical (unpaired) electrons. The van der Waals surface area contributed by atoms with Gasteiger partial charge in [0.2, 0.25) is 0 Å². The molecule has 39 heavy (non-hydrogen) atoms. The van der Waals surface area contributed by atoms with Gasteiger partial charge in [-0.3, -0.25) is 14.2 Å². The molecule has 1 unspecified atom stereocenters. The molecule has 4 rings (SSSR count). The Kier molecular flexibility index (Phi) is 7.54. The maximum Gasteiger partial charge on any atom is 0.264 e. The van der Waals surface area contributed by atoms with E-state index in [1.807, 2.05) is 82.3 Å². The fourth-order valence-corrected chi connectivity index (χ4v) is 4.27. The second kappa shape index (κ2) is 10.8. The number of pyridine rings is 1. The Labute approximate surface area is 227 Å². The maximum absolute atomic E-state index is 14.1. The molecule has 2 heterocycles. The smallest absolute Gasteiger partial charge is 0.264 e. The first kappa shape index (κ1) is 27.1. The quantitative estimate of drug-likeness (QED) is 0.273. The van der Waals surface area contributed by atoms with E-state index in [1.54, 1.807) is 11.6 Å². The number of carbonyl (C=O) groups is 1. The van der Waals surface area contributed by atoms with Gasteiger partial charge in [-0.25, -0.2) is 9.67 Å². The molecular formula is C31H32N6O2. The minimum absolute atomic E-state index is 0.0550. The van der Waals surface area contributed by atoms with Gasteiger partial charge in [-0.05, 0) is 57.3 Å². The Morgan fingerprint density at radius 3 is 2.56 bits per heavy atom. The number of hydrogen-bond donors (Lipinski definition) is 2. The third kappa shape index (κ3) is 5.68. The van der Waals surface area contributed by atoms with Crippen LogP contribution in [0.4, 0.5) is 11.6 Å². The van der Waals surface area contributed by atoms with Crippen LogP contribution in [0.15, 0.2) is 77.0 Å². The van der Waals surface area contributed by atoms with Crippen LogP contribution in [0.3, 0.4) is 0 Å². The number of nitrogens with two attached hydrogens (primary N) is 1. The van der Waals surface area contributed by atoms with Crippen molar-refractivity contribution in [3.63, 3.8) is 0 Å². The van der Waals surface area contributed by atoms with Gasteiger partial charge < -0.3 is 11.1 Å². The minimum atomic E-state index is -0.574. The van der Waals surface area contributed by atoms with Crippen molar-refractivity contribution < 1.29 is 4.79 Å². The summed E-state index contributed by atoms with van der Waals surface area (Å²) in [6, 6.07) is 16.3. The number of nitrogens with one attached hydrogen (secondary N) is 1. The zero-order chi connectivity index (χ0) is 28.3. The number of anilines is 1. The van der Waals surface area contributed by atoms with Crippen LogP contribution in [-0.4, -0.2) is 26.5 Å². The highest BCUT2D eigenvalue weighted by atomic mass is 16.2. The van der Waals surface area contributed by atoms with Crippen LogP contribution in [0.2, 0.25) is 0 Å². The number of aromatic nitrogens is 3. The molecule has 0 saturated carbocycles. The Bertz CT molecular complexity index is 1710. The van der Waals surface area contributed by atoms with Crippen LogP contribution in [-0.2, 0) is 7.05 Å². The number of rotatable bonds is 6. The van der Waals surface area contributed by atoms with Crippen molar-refractivity contribution in [2.75, 3.05) is 5.73 Å². The largest absolute Gasteiger partial charge is 0.381 e. The van der Waals surface area contributed by atoms with E-state index >= 15 is 0 Å². The number of aliphatic imine (C=N–C) groups is 1. The van der Waals surface area contributed by atoms with E-state index in [2.05, 4.69) is 33.8 Å². The molecular weight excluding hydrogens is 488 g/mol. The molecule has 198 valence electrons. The first-order valence-electron chi connectivity index (χ1n) is 12.6. The molecule has 2 aromatic heterocycles. The van der Waals surface area contributed by atoms with Crippen molar-refractivity contribution in [1.82, 2.24) is 19.7 Å². The zero-order valence-corrected chi connectivity index (χ0v) is 22.8. The summed E-state index contributed by atoms with van der Waals surface area (Å²) in [6.45, 7) is 11.5. The molecule has 4 aromatic rings. The topological polar surface area (TPSA) is 107 Å². The average Bonchev–Trinajstić information content (AvgIpc) is 3.18. The van der Waals surface area contributed by atoms with Crippen molar-refractivity contribution in [3.05, 3.63) is 94.4 Å². The van der Waals surface area contributed by atoms with E-state index in [0.29, 0.717) is 28.1 Å². The summed E-state index contributed by atoms with van der Waals surface area (Å²) in [4.78, 5) is 31.8. The summed E-state index contributed by atoms with van der Waals surface area (Å²) in [7, 11) is 1.66. The van der Waals surface area contributed by atoms with Gasteiger partial charge in [-0.15, -0.1) is 0 Å². The van der Waals surface area contributed by atoms with Crippen LogP contribution in [0.25, 0.3) is 16.5 Å². The predicted octanol–water partition coefficient (Wildman–Crippen LogP) is 5.08. The average molecular weight is 521 g/mol. The van der Waals surface area contributed by atoms with Gasteiger partial charge in [0.15, 0.2) is 11.6 Å². The van der Waals surface area contributed by atoms with Crippen molar-refractivity contribution in [3.8, 4) is 17.5 Å². The number of amides is 1. The molecule has 8 heteroatoms. The highest BCUT2D eigenvalue weighted by Crippen LogP contribution is 2.27. The van der Waals surface area contributed by atoms with Crippen LogP contribution < -0.4 is 16.6 Å². The third-order valence-corrected chi connectivity index (χ3v) is 6.03. The second-order valence-corrected chi connectivity index (χ2v) is 10.2. The van der Waals surface area contributed by atoms with Crippen LogP contribution in [0, 0.1) is 17.3 Å². The number of nitrogen functional groups attached to an aromatic ring is 1. The molecule has 0 aliphatic rings. The lowest BCUT2D eigenvalue weighted by Gasteiger charge is -2.21. The summed E-state index contributed by atoms with van der Waals surface area (Å²) >= 11 is 0. The van der Waals surface area contributed by atoms with Crippen LogP contribution in [0.5, 0.6) is 0 Å². The second-order valence-electron chi connectivity index (χ2n) is 10.2. The number of fused-ring (bicyclic) bond motifs is 1. The van der Waals surface area contributed by atoms with Crippen LogP contribution >= 0.6 is 0 Å². The lowest BCUT2D eigenvalue weighted by atomic mass is 9.96. The molecule has 8 nitrogen and oxygen atoms in total. The lowest BCUT2D eigenvalue weighted by Crippen LogP contribution is -2.32. The molecule has 0 fully saturated rings. The standard InChI is InChI=1S/C31H32N6O2/c1-7-18-33-28-26(27(32)35-36(28)6)29(38)34-20(2)24-19-22-13-11-12-21(16-17-31(3,4)5)25(22)30(39)37(24)23-14-9-8-10-15-23/h7-15,18-20H,1H2,2-6H3,(H2,32,35)(H,34,38)/b33-18-. The number of allylic oxidation sites excluding steroid dienone is 1. The molecule has 0 aliphatic heterocycles. The van der Waals surface area contributed by atoms with E-state index in [9.17, 15) is 9.59 Å². The fraction of sp³-hybridized carbons (Fsp3) is 0.226. The number of benzene rings is 2. The maximum atomic E-state index is 14.1. The summed E-state index contributed by atoms with van der Waals surface area (Å²) in [5.41, 5.74) is 7.72. The molecule has 2 aromatic carbocycles. The van der Waals surface area contributed by atoms with E-state index in [0.717, 1.165) is 5.39 Å². The predicted molar refractivity (Wildman–Crippen MR) is 158 cm³/mol. The fourth-order valence-electron chi connectivity index (χ4n) is 4.27. The van der Waals surface area contributed by atoms with Gasteiger partial charge in [0.25, 0.3) is 11.5 Å². The Morgan fingerprint density at radius 2 is 1.90 bits per heavy atom. The van der Waals surface area contributed by atoms with E-state index < -0.39 is 11.9 Å². The van der Waals surface area contributed by atoms with Crippen molar-refractivity contribution in [1.29, 1.82) is 0 Å². The third-order valence-electron chi connectivity index (χ3n) is 6.03. The molecule has 0 spiro atoms. The first-order valence-corrected chi connectivity index (χ1v) is 12.6. The summed E-state index contributed by atoms with van der Waals surface area (Å²) in [6.07, 6.45) is 2.97. The lowest BCUT2D eigenvalue weighted by molar-refractivity contribution is 0.0940. The van der Waals surface area contributed by atoms with Gasteiger partial charge in [0.05, 0.1) is 11.4 Å². The van der Waals surface area contributed by atoms with Gasteiger partial charge in [0.1, 0.15) is 5.56 Å². The molecule has 1 atom stereocenters. The monoisotopic (exact) mass is 520 g/mol. The highest BCUT2D eigenvalue weighted by Gasteiger charge is 2.25. The SMILES string of the molecule is C=C/C=N\c1c(C(=O)NC(C)c2cc3cccc(C#CC(C)(C)C)c3c(=O)n2-c2ccccc2)c(N)nn1C. The van der Waals surface area contributed by atoms with E-state index in [1.165, 1.54) is 17.0 Å². The Morgan fingerprint density at radius 1 is 1.18 bits per heavy atom. The molecule has 0 aliphatic carbocycles. The number of nitrogens with zero attached hydrogens (tertiary/aromatic N) is 4. The van der Waals surface area contributed by atoms with Gasteiger partial charge in [0, 0.05) is 35.6 Å². The zero-order valence-electron chi connectivity index (χ0n) is 22.8. The number of hydrogen-bond acceptors (Lipinski definition) is 5. The normalized spacial score (nSPS) is 12.2.